The van der Waals surface area contributed by atoms with Crippen LogP contribution in [0.1, 0.15) is 24.4 Å². The zero-order valence-corrected chi connectivity index (χ0v) is 8.97. The number of aromatic nitrogens is 2. The summed E-state index contributed by atoms with van der Waals surface area (Å²) in [4.78, 5) is 0. The third kappa shape index (κ3) is 2.27. The summed E-state index contributed by atoms with van der Waals surface area (Å²) in [6.45, 7) is 2.85. The van der Waals surface area contributed by atoms with Crippen LogP contribution in [-0.4, -0.2) is 9.78 Å². The van der Waals surface area contributed by atoms with Gasteiger partial charge in [0.05, 0.1) is 18.5 Å². The molecule has 1 atom stereocenters. The lowest BCUT2D eigenvalue weighted by atomic mass is 10.2. The van der Waals surface area contributed by atoms with Gasteiger partial charge in [0.2, 0.25) is 0 Å². The monoisotopic (exact) mass is 205 g/mol. The summed E-state index contributed by atoms with van der Waals surface area (Å²) >= 11 is 0. The summed E-state index contributed by atoms with van der Waals surface area (Å²) in [5.41, 5.74) is 1.17. The number of nitrogens with zero attached hydrogens (tertiary/aromatic N) is 2. The zero-order valence-electron chi connectivity index (χ0n) is 8.97. The van der Waals surface area contributed by atoms with E-state index in [9.17, 15) is 0 Å². The Kier molecular flexibility index (Phi) is 2.87. The Balaban J connectivity index is 1.93. The van der Waals surface area contributed by atoms with Crippen molar-refractivity contribution >= 4 is 0 Å². The Hall–Kier alpha value is -1.55. The highest BCUT2D eigenvalue weighted by Crippen LogP contribution is 2.11. The molecule has 0 aliphatic rings. The largest absolute Gasteiger partial charge is 0.468 e. The molecule has 2 aromatic rings. The van der Waals surface area contributed by atoms with Crippen LogP contribution >= 0.6 is 0 Å². The van der Waals surface area contributed by atoms with Crippen LogP contribution in [0.15, 0.2) is 35.1 Å². The molecule has 4 heteroatoms. The number of rotatable bonds is 4. The van der Waals surface area contributed by atoms with E-state index in [1.54, 1.807) is 12.5 Å². The lowest BCUT2D eigenvalue weighted by Gasteiger charge is -2.12. The van der Waals surface area contributed by atoms with Crippen molar-refractivity contribution in [1.29, 1.82) is 0 Å². The van der Waals surface area contributed by atoms with E-state index in [0.717, 1.165) is 12.3 Å². The molecule has 0 saturated heterocycles. The molecule has 0 aliphatic heterocycles. The third-order valence-corrected chi connectivity index (χ3v) is 2.47. The van der Waals surface area contributed by atoms with Gasteiger partial charge in [0.25, 0.3) is 0 Å². The first kappa shape index (κ1) is 9.98. The quantitative estimate of drug-likeness (QED) is 0.828. The highest BCUT2D eigenvalue weighted by molar-refractivity contribution is 5.06. The molecule has 0 fully saturated rings. The van der Waals surface area contributed by atoms with E-state index in [0.29, 0.717) is 0 Å². The fourth-order valence-corrected chi connectivity index (χ4v) is 1.58. The van der Waals surface area contributed by atoms with Crippen molar-refractivity contribution in [3.05, 3.63) is 42.1 Å². The van der Waals surface area contributed by atoms with Crippen LogP contribution < -0.4 is 5.32 Å². The number of aryl methyl sites for hydroxylation is 1. The molecule has 0 radical (unpaired) electrons. The smallest absolute Gasteiger partial charge is 0.117 e. The van der Waals surface area contributed by atoms with Gasteiger partial charge in [0.1, 0.15) is 5.76 Å². The maximum absolute atomic E-state index is 5.25. The van der Waals surface area contributed by atoms with Gasteiger partial charge < -0.3 is 9.73 Å². The van der Waals surface area contributed by atoms with Gasteiger partial charge in [-0.05, 0) is 25.1 Å². The fraction of sp³-hybridized carbons (Fsp3) is 0.364. The Morgan fingerprint density at radius 3 is 3.00 bits per heavy atom. The minimum atomic E-state index is 0.266. The van der Waals surface area contributed by atoms with Crippen LogP contribution in [0, 0.1) is 0 Å². The van der Waals surface area contributed by atoms with Crippen molar-refractivity contribution in [3.63, 3.8) is 0 Å². The Labute approximate surface area is 88.9 Å². The second-order valence-electron chi connectivity index (χ2n) is 3.56. The van der Waals surface area contributed by atoms with Gasteiger partial charge in [-0.25, -0.2) is 0 Å². The Bertz CT molecular complexity index is 405. The van der Waals surface area contributed by atoms with Crippen LogP contribution in [0.2, 0.25) is 0 Å². The van der Waals surface area contributed by atoms with E-state index in [-0.39, 0.29) is 6.04 Å². The van der Waals surface area contributed by atoms with E-state index in [1.165, 1.54) is 5.69 Å². The molecule has 0 spiro atoms. The van der Waals surface area contributed by atoms with E-state index in [1.807, 2.05) is 29.9 Å². The molecular formula is C11H15N3O. The van der Waals surface area contributed by atoms with E-state index < -0.39 is 0 Å². The number of hydrogen-bond donors (Lipinski definition) is 1. The van der Waals surface area contributed by atoms with Crippen molar-refractivity contribution in [1.82, 2.24) is 15.1 Å². The van der Waals surface area contributed by atoms with Gasteiger partial charge in [-0.2, -0.15) is 5.10 Å². The van der Waals surface area contributed by atoms with Crippen LogP contribution in [-0.2, 0) is 13.6 Å². The molecule has 2 aromatic heterocycles. The second kappa shape index (κ2) is 4.31. The molecule has 0 aromatic carbocycles. The summed E-state index contributed by atoms with van der Waals surface area (Å²) in [6.07, 6.45) is 3.49. The second-order valence-corrected chi connectivity index (χ2v) is 3.56. The normalized spacial score (nSPS) is 12.9. The summed E-state index contributed by atoms with van der Waals surface area (Å²) < 4.78 is 7.12. The highest BCUT2D eigenvalue weighted by Gasteiger charge is 2.08. The predicted molar refractivity (Wildman–Crippen MR) is 57.2 cm³/mol. The van der Waals surface area contributed by atoms with Gasteiger partial charge in [-0.1, -0.05) is 0 Å². The summed E-state index contributed by atoms with van der Waals surface area (Å²) in [5.74, 6) is 0.948. The standard InChI is InChI=1S/C11H15N3O/c1-9(11-5-6-13-14(11)2)12-8-10-4-3-7-15-10/h3-7,9,12H,8H2,1-2H3. The predicted octanol–water partition coefficient (Wildman–Crippen LogP) is 1.86. The molecule has 2 rings (SSSR count). The lowest BCUT2D eigenvalue weighted by molar-refractivity contribution is 0.450. The van der Waals surface area contributed by atoms with Gasteiger partial charge in [-0.15, -0.1) is 0 Å². The summed E-state index contributed by atoms with van der Waals surface area (Å²) in [7, 11) is 1.94. The molecule has 0 amide bonds. The van der Waals surface area contributed by atoms with Gasteiger partial charge in [0, 0.05) is 19.3 Å². The van der Waals surface area contributed by atoms with Crippen molar-refractivity contribution in [2.24, 2.45) is 7.05 Å². The van der Waals surface area contributed by atoms with Crippen molar-refractivity contribution in [2.45, 2.75) is 19.5 Å². The first-order valence-corrected chi connectivity index (χ1v) is 5.01. The van der Waals surface area contributed by atoms with Gasteiger partial charge >= 0.3 is 0 Å². The van der Waals surface area contributed by atoms with Gasteiger partial charge in [0.15, 0.2) is 0 Å². The van der Waals surface area contributed by atoms with Crippen LogP contribution in [0.25, 0.3) is 0 Å². The van der Waals surface area contributed by atoms with Crippen LogP contribution in [0.3, 0.4) is 0 Å². The SMILES string of the molecule is CC(NCc1ccco1)c1ccnn1C. The summed E-state index contributed by atoms with van der Waals surface area (Å²) in [5, 5.41) is 7.51. The minimum absolute atomic E-state index is 0.266. The first-order chi connectivity index (χ1) is 7.27. The Morgan fingerprint density at radius 1 is 1.53 bits per heavy atom. The topological polar surface area (TPSA) is 43.0 Å². The molecule has 4 nitrogen and oxygen atoms in total. The average Bonchev–Trinajstić information content (AvgIpc) is 2.84. The van der Waals surface area contributed by atoms with E-state index in [2.05, 4.69) is 17.3 Å². The molecule has 0 bridgehead atoms. The maximum Gasteiger partial charge on any atom is 0.117 e. The molecule has 80 valence electrons. The maximum atomic E-state index is 5.25. The van der Waals surface area contributed by atoms with Crippen molar-refractivity contribution < 1.29 is 4.42 Å². The highest BCUT2D eigenvalue weighted by atomic mass is 16.3. The molecule has 1 unspecified atom stereocenters. The molecule has 15 heavy (non-hydrogen) atoms. The number of nitrogens with one attached hydrogen (secondary N) is 1. The van der Waals surface area contributed by atoms with E-state index >= 15 is 0 Å². The van der Waals surface area contributed by atoms with Gasteiger partial charge in [-0.3, -0.25) is 4.68 Å². The minimum Gasteiger partial charge on any atom is -0.468 e. The van der Waals surface area contributed by atoms with E-state index in [4.69, 9.17) is 4.42 Å². The van der Waals surface area contributed by atoms with Crippen LogP contribution in [0.4, 0.5) is 0 Å². The third-order valence-electron chi connectivity index (χ3n) is 2.47. The molecule has 0 saturated carbocycles. The average molecular weight is 205 g/mol. The number of hydrogen-bond acceptors (Lipinski definition) is 3. The molecule has 2 heterocycles. The lowest BCUT2D eigenvalue weighted by Crippen LogP contribution is -2.20. The number of furan rings is 1. The molecule has 1 N–H and O–H groups in total. The molecule has 0 aliphatic carbocycles. The van der Waals surface area contributed by atoms with Crippen molar-refractivity contribution in [2.75, 3.05) is 0 Å². The fourth-order valence-electron chi connectivity index (χ4n) is 1.58. The molecular weight excluding hydrogens is 190 g/mol. The van der Waals surface area contributed by atoms with Crippen LogP contribution in [0.5, 0.6) is 0 Å². The first-order valence-electron chi connectivity index (χ1n) is 5.01. The van der Waals surface area contributed by atoms with Crippen molar-refractivity contribution in [3.8, 4) is 0 Å². The zero-order chi connectivity index (χ0) is 10.7. The Morgan fingerprint density at radius 2 is 2.40 bits per heavy atom. The summed E-state index contributed by atoms with van der Waals surface area (Å²) in [6, 6.07) is 6.14.